The Bertz CT molecular complexity index is 682. The molecule has 112 valence electrons. The van der Waals surface area contributed by atoms with Gasteiger partial charge >= 0.3 is 0 Å². The van der Waals surface area contributed by atoms with Gasteiger partial charge in [-0.3, -0.25) is 4.79 Å². The molecule has 3 aliphatic rings. The third kappa shape index (κ3) is 2.22. The fourth-order valence-electron chi connectivity index (χ4n) is 4.04. The predicted molar refractivity (Wildman–Crippen MR) is 89.3 cm³/mol. The molecule has 0 N–H and O–H groups in total. The van der Waals surface area contributed by atoms with Crippen LogP contribution in [0.15, 0.2) is 54.6 Å². The number of benzene rings is 2. The van der Waals surface area contributed by atoms with E-state index in [4.69, 9.17) is 11.6 Å². The van der Waals surface area contributed by atoms with Crippen LogP contribution in [0.4, 0.5) is 5.69 Å². The molecule has 2 aromatic carbocycles. The quantitative estimate of drug-likeness (QED) is 0.805. The van der Waals surface area contributed by atoms with Crippen molar-refractivity contribution < 1.29 is 4.79 Å². The van der Waals surface area contributed by atoms with E-state index in [0.29, 0.717) is 18.2 Å². The van der Waals surface area contributed by atoms with E-state index in [9.17, 15) is 4.79 Å². The van der Waals surface area contributed by atoms with Crippen molar-refractivity contribution >= 4 is 23.1 Å². The Morgan fingerprint density at radius 1 is 0.955 bits per heavy atom. The summed E-state index contributed by atoms with van der Waals surface area (Å²) in [5, 5.41) is 0.738. The zero-order chi connectivity index (χ0) is 15.1. The van der Waals surface area contributed by atoms with E-state index in [2.05, 4.69) is 41.3 Å². The molecule has 0 aromatic heterocycles. The van der Waals surface area contributed by atoms with Gasteiger partial charge in [0.05, 0.1) is 6.04 Å². The monoisotopic (exact) mass is 311 g/mol. The second kappa shape index (κ2) is 5.44. The number of ketones is 1. The van der Waals surface area contributed by atoms with Gasteiger partial charge in [-0.1, -0.05) is 41.9 Å². The van der Waals surface area contributed by atoms with Gasteiger partial charge in [-0.05, 0) is 42.7 Å². The highest BCUT2D eigenvalue weighted by molar-refractivity contribution is 6.30. The molecule has 2 saturated heterocycles. The normalized spacial score (nSPS) is 27.2. The maximum Gasteiger partial charge on any atom is 0.140 e. The lowest BCUT2D eigenvalue weighted by Crippen LogP contribution is -2.54. The van der Waals surface area contributed by atoms with E-state index in [1.54, 1.807) is 0 Å². The Balaban J connectivity index is 1.80. The fraction of sp³-hybridized carbons (Fsp3) is 0.316. The number of nitrogens with zero attached hydrogens (tertiary/aromatic N) is 1. The van der Waals surface area contributed by atoms with Crippen LogP contribution in [-0.2, 0) is 4.79 Å². The fourth-order valence-corrected chi connectivity index (χ4v) is 4.16. The summed E-state index contributed by atoms with van der Waals surface area (Å²) in [5.74, 6) is 0.523. The SMILES string of the molecule is O=C1C[C@@H]2CC[C@H]1[C@H](c1ccc(Cl)cc1)N2c1ccccc1. The van der Waals surface area contributed by atoms with Gasteiger partial charge in [0.15, 0.2) is 0 Å². The Kier molecular flexibility index (Phi) is 3.42. The van der Waals surface area contributed by atoms with Gasteiger partial charge in [0.2, 0.25) is 0 Å². The largest absolute Gasteiger partial charge is 0.360 e. The minimum absolute atomic E-state index is 0.103. The number of para-hydroxylation sites is 1. The molecule has 2 aromatic rings. The molecule has 5 rings (SSSR count). The molecule has 2 bridgehead atoms. The standard InChI is InChI=1S/C19H18ClNO/c20-14-8-6-13(7-9-14)19-17-11-10-16(12-18(17)22)21(19)15-4-2-1-3-5-15/h1-9,16-17,19H,10-12H2/t16-,17+,19-/m0/s1. The first-order valence-electron chi connectivity index (χ1n) is 7.85. The highest BCUT2D eigenvalue weighted by atomic mass is 35.5. The molecule has 2 aliphatic heterocycles. The van der Waals surface area contributed by atoms with E-state index in [1.807, 2.05) is 18.2 Å². The molecule has 2 heterocycles. The summed E-state index contributed by atoms with van der Waals surface area (Å²) in [6.45, 7) is 0. The maximum atomic E-state index is 12.4. The van der Waals surface area contributed by atoms with Gasteiger partial charge in [0, 0.05) is 29.1 Å². The minimum atomic E-state index is 0.103. The molecule has 0 unspecified atom stereocenters. The van der Waals surface area contributed by atoms with Crippen LogP contribution in [0.1, 0.15) is 30.9 Å². The minimum Gasteiger partial charge on any atom is -0.360 e. The van der Waals surface area contributed by atoms with Crippen LogP contribution < -0.4 is 4.90 Å². The van der Waals surface area contributed by atoms with Gasteiger partial charge in [-0.2, -0.15) is 0 Å². The first kappa shape index (κ1) is 13.8. The van der Waals surface area contributed by atoms with Crippen LogP contribution in [-0.4, -0.2) is 11.8 Å². The summed E-state index contributed by atoms with van der Waals surface area (Å²) in [5.41, 5.74) is 2.40. The molecule has 1 aliphatic carbocycles. The number of halogens is 1. The number of carbonyl (C=O) groups excluding carboxylic acids is 1. The third-order valence-corrected chi connectivity index (χ3v) is 5.25. The lowest BCUT2D eigenvalue weighted by molar-refractivity contribution is -0.128. The molecule has 0 radical (unpaired) electrons. The van der Waals surface area contributed by atoms with Crippen molar-refractivity contribution in [2.45, 2.75) is 31.3 Å². The van der Waals surface area contributed by atoms with Crippen LogP contribution >= 0.6 is 11.6 Å². The van der Waals surface area contributed by atoms with E-state index >= 15 is 0 Å². The summed E-state index contributed by atoms with van der Waals surface area (Å²) in [6, 6.07) is 18.9. The second-order valence-electron chi connectivity index (χ2n) is 6.25. The van der Waals surface area contributed by atoms with E-state index in [0.717, 1.165) is 17.9 Å². The number of hydrogen-bond acceptors (Lipinski definition) is 2. The van der Waals surface area contributed by atoms with Crippen LogP contribution in [0.2, 0.25) is 5.02 Å². The molecular weight excluding hydrogens is 294 g/mol. The molecule has 3 atom stereocenters. The summed E-state index contributed by atoms with van der Waals surface area (Å²) in [7, 11) is 0. The number of anilines is 1. The van der Waals surface area contributed by atoms with Crippen molar-refractivity contribution in [3.63, 3.8) is 0 Å². The Morgan fingerprint density at radius 2 is 1.68 bits per heavy atom. The zero-order valence-electron chi connectivity index (χ0n) is 12.3. The maximum absolute atomic E-state index is 12.4. The molecule has 0 amide bonds. The van der Waals surface area contributed by atoms with Crippen molar-refractivity contribution in [2.75, 3.05) is 4.90 Å². The molecular formula is C19H18ClNO. The number of rotatable bonds is 2. The second-order valence-corrected chi connectivity index (χ2v) is 6.68. The molecule has 3 heteroatoms. The zero-order valence-corrected chi connectivity index (χ0v) is 13.0. The van der Waals surface area contributed by atoms with Gasteiger partial charge < -0.3 is 4.90 Å². The van der Waals surface area contributed by atoms with Crippen LogP contribution in [0.25, 0.3) is 0 Å². The van der Waals surface area contributed by atoms with E-state index in [-0.39, 0.29) is 12.0 Å². The van der Waals surface area contributed by atoms with Crippen LogP contribution in [0.5, 0.6) is 0 Å². The van der Waals surface area contributed by atoms with Crippen molar-refractivity contribution in [3.8, 4) is 0 Å². The lowest BCUT2D eigenvalue weighted by atomic mass is 9.71. The third-order valence-electron chi connectivity index (χ3n) is 5.00. The van der Waals surface area contributed by atoms with Gasteiger partial charge in [-0.25, -0.2) is 0 Å². The Morgan fingerprint density at radius 3 is 2.36 bits per heavy atom. The highest BCUT2D eigenvalue weighted by Crippen LogP contribution is 2.47. The van der Waals surface area contributed by atoms with Crippen molar-refractivity contribution in [1.29, 1.82) is 0 Å². The first-order valence-corrected chi connectivity index (χ1v) is 8.23. The molecule has 0 spiro atoms. The van der Waals surface area contributed by atoms with E-state index < -0.39 is 0 Å². The van der Waals surface area contributed by atoms with Crippen LogP contribution in [0, 0.1) is 5.92 Å². The molecule has 22 heavy (non-hydrogen) atoms. The molecule has 2 nitrogen and oxygen atoms in total. The Hall–Kier alpha value is -1.80. The summed E-state index contributed by atoms with van der Waals surface area (Å²) >= 11 is 6.03. The van der Waals surface area contributed by atoms with Gasteiger partial charge in [-0.15, -0.1) is 0 Å². The Labute approximate surface area is 135 Å². The van der Waals surface area contributed by atoms with Crippen LogP contribution in [0.3, 0.4) is 0 Å². The average Bonchev–Trinajstić information content (AvgIpc) is 2.56. The number of fused-ring (bicyclic) bond motifs is 3. The van der Waals surface area contributed by atoms with Crippen molar-refractivity contribution in [1.82, 2.24) is 0 Å². The van der Waals surface area contributed by atoms with Crippen molar-refractivity contribution in [2.24, 2.45) is 5.92 Å². The van der Waals surface area contributed by atoms with Gasteiger partial charge in [0.25, 0.3) is 0 Å². The number of Topliss-reactive ketones (excluding diaryl/α,β-unsaturated/α-hetero) is 1. The summed E-state index contributed by atoms with van der Waals surface area (Å²) in [6.07, 6.45) is 2.79. The number of carbonyl (C=O) groups is 1. The van der Waals surface area contributed by atoms with Crippen molar-refractivity contribution in [3.05, 3.63) is 65.2 Å². The average molecular weight is 312 g/mol. The van der Waals surface area contributed by atoms with E-state index in [1.165, 1.54) is 11.3 Å². The summed E-state index contributed by atoms with van der Waals surface area (Å²) in [4.78, 5) is 14.9. The highest BCUT2D eigenvalue weighted by Gasteiger charge is 2.47. The summed E-state index contributed by atoms with van der Waals surface area (Å²) < 4.78 is 0. The number of piperidine rings is 2. The van der Waals surface area contributed by atoms with Gasteiger partial charge in [0.1, 0.15) is 5.78 Å². The number of hydrogen-bond donors (Lipinski definition) is 0. The first-order chi connectivity index (χ1) is 10.7. The topological polar surface area (TPSA) is 20.3 Å². The lowest BCUT2D eigenvalue weighted by Gasteiger charge is -2.52. The molecule has 1 saturated carbocycles. The predicted octanol–water partition coefficient (Wildman–Crippen LogP) is 4.64. The molecule has 3 fully saturated rings. The smallest absolute Gasteiger partial charge is 0.140 e.